The van der Waals surface area contributed by atoms with Crippen LogP contribution in [0.25, 0.3) is 0 Å². The van der Waals surface area contributed by atoms with Gasteiger partial charge in [0, 0.05) is 16.9 Å². The Bertz CT molecular complexity index is 501. The third kappa shape index (κ3) is 2.90. The van der Waals surface area contributed by atoms with Crippen molar-refractivity contribution < 1.29 is 4.74 Å². The van der Waals surface area contributed by atoms with Gasteiger partial charge in [0.1, 0.15) is 11.6 Å². The van der Waals surface area contributed by atoms with Crippen molar-refractivity contribution in [2.24, 2.45) is 5.84 Å². The van der Waals surface area contributed by atoms with Crippen molar-refractivity contribution >= 4 is 15.9 Å². The molecule has 1 aromatic carbocycles. The number of benzene rings is 1. The maximum atomic E-state index is 5.58. The Morgan fingerprint density at radius 1 is 1.56 bits per heavy atom. The van der Waals surface area contributed by atoms with Crippen molar-refractivity contribution in [3.8, 4) is 5.75 Å². The molecule has 4 N–H and O–H groups in total. The number of halogens is 1. The molecule has 2 aromatic rings. The van der Waals surface area contributed by atoms with E-state index in [9.17, 15) is 0 Å². The number of hydrogen-bond donors (Lipinski definition) is 3. The number of hydrogen-bond acceptors (Lipinski definition) is 4. The molecule has 0 bridgehead atoms. The summed E-state index contributed by atoms with van der Waals surface area (Å²) in [4.78, 5) is 7.27. The highest BCUT2D eigenvalue weighted by atomic mass is 79.9. The highest BCUT2D eigenvalue weighted by Crippen LogP contribution is 2.26. The maximum absolute atomic E-state index is 5.58. The molecule has 0 aliphatic heterocycles. The third-order valence-corrected chi connectivity index (χ3v) is 3.21. The number of imidazole rings is 1. The molecular formula is C12H15BrN4O. The predicted molar refractivity (Wildman–Crippen MR) is 73.0 cm³/mol. The van der Waals surface area contributed by atoms with Crippen LogP contribution in [-0.4, -0.2) is 17.1 Å². The average molecular weight is 311 g/mol. The van der Waals surface area contributed by atoms with Crippen LogP contribution in [0, 0.1) is 0 Å². The number of hydrazine groups is 1. The van der Waals surface area contributed by atoms with Gasteiger partial charge in [-0.2, -0.15) is 0 Å². The van der Waals surface area contributed by atoms with Gasteiger partial charge in [0.15, 0.2) is 0 Å². The Morgan fingerprint density at radius 2 is 2.39 bits per heavy atom. The topological polar surface area (TPSA) is 76.0 Å². The van der Waals surface area contributed by atoms with Crippen LogP contribution in [0.5, 0.6) is 5.75 Å². The van der Waals surface area contributed by atoms with E-state index in [0.29, 0.717) is 6.42 Å². The summed E-state index contributed by atoms with van der Waals surface area (Å²) in [5.74, 6) is 7.22. The van der Waals surface area contributed by atoms with E-state index in [1.807, 2.05) is 18.2 Å². The highest BCUT2D eigenvalue weighted by molar-refractivity contribution is 9.10. The van der Waals surface area contributed by atoms with Crippen LogP contribution in [0.1, 0.15) is 17.4 Å². The summed E-state index contributed by atoms with van der Waals surface area (Å²) < 4.78 is 6.35. The second-order valence-corrected chi connectivity index (χ2v) is 4.77. The number of rotatable bonds is 5. The minimum Gasteiger partial charge on any atom is -0.496 e. The van der Waals surface area contributed by atoms with Crippen LogP contribution in [0.15, 0.2) is 35.1 Å². The van der Waals surface area contributed by atoms with E-state index in [1.165, 1.54) is 0 Å². The molecule has 0 saturated carbocycles. The van der Waals surface area contributed by atoms with E-state index in [4.69, 9.17) is 10.6 Å². The minimum absolute atomic E-state index is 0.0804. The van der Waals surface area contributed by atoms with Crippen molar-refractivity contribution in [2.45, 2.75) is 12.5 Å². The molecule has 0 aliphatic rings. The van der Waals surface area contributed by atoms with Gasteiger partial charge in [0.25, 0.3) is 0 Å². The number of nitrogens with one attached hydrogen (secondary N) is 2. The molecule has 0 radical (unpaired) electrons. The van der Waals surface area contributed by atoms with Gasteiger partial charge in [-0.1, -0.05) is 15.9 Å². The van der Waals surface area contributed by atoms with Crippen molar-refractivity contribution in [1.82, 2.24) is 15.4 Å². The third-order valence-electron chi connectivity index (χ3n) is 2.72. The summed E-state index contributed by atoms with van der Waals surface area (Å²) in [5, 5.41) is 0. The standard InChI is InChI=1S/C12H15BrN4O/c1-18-11-3-2-9(13)6-8(11)7-10(17-14)12-15-4-5-16-12/h2-6,10,17H,7,14H2,1H3,(H,15,16). The Kier molecular flexibility index (Phi) is 4.35. The van der Waals surface area contributed by atoms with Crippen LogP contribution >= 0.6 is 15.9 Å². The first kappa shape index (κ1) is 13.1. The summed E-state index contributed by atoms with van der Waals surface area (Å²) >= 11 is 3.46. The predicted octanol–water partition coefficient (Wildman–Crippen LogP) is 1.93. The van der Waals surface area contributed by atoms with Gasteiger partial charge in [-0.15, -0.1) is 0 Å². The van der Waals surface area contributed by atoms with Crippen LogP contribution in [0.4, 0.5) is 0 Å². The first-order chi connectivity index (χ1) is 8.74. The van der Waals surface area contributed by atoms with Gasteiger partial charge >= 0.3 is 0 Å². The first-order valence-electron chi connectivity index (χ1n) is 5.52. The van der Waals surface area contributed by atoms with Crippen LogP contribution in [0.2, 0.25) is 0 Å². The molecule has 0 spiro atoms. The summed E-state index contributed by atoms with van der Waals surface area (Å²) in [6.07, 6.45) is 4.17. The van der Waals surface area contributed by atoms with Crippen molar-refractivity contribution in [2.75, 3.05) is 7.11 Å². The van der Waals surface area contributed by atoms with Gasteiger partial charge < -0.3 is 9.72 Å². The van der Waals surface area contributed by atoms with Crippen LogP contribution < -0.4 is 16.0 Å². The van der Waals surface area contributed by atoms with E-state index in [-0.39, 0.29) is 6.04 Å². The molecule has 1 aromatic heterocycles. The summed E-state index contributed by atoms with van der Waals surface area (Å²) in [6.45, 7) is 0. The molecule has 1 atom stereocenters. The lowest BCUT2D eigenvalue weighted by Crippen LogP contribution is -2.30. The van der Waals surface area contributed by atoms with Gasteiger partial charge in [0.05, 0.1) is 13.2 Å². The number of H-pyrrole nitrogens is 1. The van der Waals surface area contributed by atoms with E-state index >= 15 is 0 Å². The van der Waals surface area contributed by atoms with E-state index in [1.54, 1.807) is 19.5 Å². The molecular weight excluding hydrogens is 296 g/mol. The fourth-order valence-corrected chi connectivity index (χ4v) is 2.24. The number of aromatic nitrogens is 2. The largest absolute Gasteiger partial charge is 0.496 e. The zero-order valence-electron chi connectivity index (χ0n) is 9.98. The highest BCUT2D eigenvalue weighted by Gasteiger charge is 2.15. The Morgan fingerprint density at radius 3 is 3.00 bits per heavy atom. The SMILES string of the molecule is COc1ccc(Br)cc1CC(NN)c1ncc[nH]1. The molecule has 0 aliphatic carbocycles. The second kappa shape index (κ2) is 5.99. The Labute approximate surface area is 114 Å². The Hall–Kier alpha value is -1.37. The molecule has 2 rings (SSSR count). The normalized spacial score (nSPS) is 12.4. The van der Waals surface area contributed by atoms with Gasteiger partial charge in [-0.25, -0.2) is 10.4 Å². The zero-order valence-corrected chi connectivity index (χ0v) is 11.6. The number of ether oxygens (including phenoxy) is 1. The number of nitrogens with two attached hydrogens (primary N) is 1. The van der Waals surface area contributed by atoms with Crippen LogP contribution in [-0.2, 0) is 6.42 Å². The Balaban J connectivity index is 2.24. The quantitative estimate of drug-likeness (QED) is 0.582. The monoisotopic (exact) mass is 310 g/mol. The zero-order chi connectivity index (χ0) is 13.0. The van der Waals surface area contributed by atoms with Gasteiger partial charge in [0.2, 0.25) is 0 Å². The maximum Gasteiger partial charge on any atom is 0.124 e. The second-order valence-electron chi connectivity index (χ2n) is 3.85. The molecule has 1 unspecified atom stereocenters. The molecule has 0 fully saturated rings. The smallest absolute Gasteiger partial charge is 0.124 e. The first-order valence-corrected chi connectivity index (χ1v) is 6.31. The molecule has 6 heteroatoms. The number of aromatic amines is 1. The van der Waals surface area contributed by atoms with Gasteiger partial charge in [-0.05, 0) is 30.2 Å². The number of methoxy groups -OCH3 is 1. The van der Waals surface area contributed by atoms with Crippen molar-refractivity contribution in [3.05, 3.63) is 46.5 Å². The molecule has 96 valence electrons. The van der Waals surface area contributed by atoms with Gasteiger partial charge in [-0.3, -0.25) is 5.84 Å². The van der Waals surface area contributed by atoms with Crippen molar-refractivity contribution in [3.63, 3.8) is 0 Å². The van der Waals surface area contributed by atoms with E-state index < -0.39 is 0 Å². The number of nitrogens with zero attached hydrogens (tertiary/aromatic N) is 1. The van der Waals surface area contributed by atoms with Crippen LogP contribution in [0.3, 0.4) is 0 Å². The van der Waals surface area contributed by atoms with E-state index in [0.717, 1.165) is 21.6 Å². The molecule has 5 nitrogen and oxygen atoms in total. The summed E-state index contributed by atoms with van der Waals surface area (Å²) in [5.41, 5.74) is 3.82. The molecule has 0 amide bonds. The summed E-state index contributed by atoms with van der Waals surface area (Å²) in [6, 6.07) is 5.81. The lowest BCUT2D eigenvalue weighted by Gasteiger charge is -2.16. The molecule has 18 heavy (non-hydrogen) atoms. The molecule has 1 heterocycles. The summed E-state index contributed by atoms with van der Waals surface area (Å²) in [7, 11) is 1.66. The molecule has 0 saturated heterocycles. The van der Waals surface area contributed by atoms with E-state index in [2.05, 4.69) is 31.3 Å². The lowest BCUT2D eigenvalue weighted by molar-refractivity contribution is 0.404. The fourth-order valence-electron chi connectivity index (χ4n) is 1.83. The fraction of sp³-hybridized carbons (Fsp3) is 0.250. The lowest BCUT2D eigenvalue weighted by atomic mass is 10.0. The minimum atomic E-state index is -0.0804. The average Bonchev–Trinajstić information content (AvgIpc) is 2.90. The van der Waals surface area contributed by atoms with Crippen molar-refractivity contribution in [1.29, 1.82) is 0 Å².